The predicted octanol–water partition coefficient (Wildman–Crippen LogP) is 4.77. The molecule has 1 amide bonds. The summed E-state index contributed by atoms with van der Waals surface area (Å²) < 4.78 is 46.0. The molecule has 0 aromatic heterocycles. The first kappa shape index (κ1) is 23.1. The van der Waals surface area contributed by atoms with Gasteiger partial charge in [-0.05, 0) is 49.6 Å². The van der Waals surface area contributed by atoms with E-state index in [0.29, 0.717) is 16.7 Å². The number of halogens is 3. The Labute approximate surface area is 171 Å². The van der Waals surface area contributed by atoms with Gasteiger partial charge in [0.05, 0.1) is 0 Å². The molecular weight excluding hydrogens is 403 g/mol. The lowest BCUT2D eigenvalue weighted by molar-refractivity contribution is -0.274. The molecule has 1 unspecified atom stereocenters. The number of nitrogens with one attached hydrogen (secondary N) is 1. The SMILES string of the molecule is CC(C)(C)OC(=O)NC(Cc1ccccc1-c1ccc(OC(F)(F)F)cc1)C(=O)O. The number of amides is 1. The number of alkyl carbamates (subject to hydrolysis) is 1. The number of carboxylic acids is 1. The summed E-state index contributed by atoms with van der Waals surface area (Å²) in [6.45, 7) is 4.97. The molecule has 0 aliphatic heterocycles. The lowest BCUT2D eigenvalue weighted by atomic mass is 9.95. The molecule has 2 aromatic carbocycles. The topological polar surface area (TPSA) is 84.9 Å². The van der Waals surface area contributed by atoms with Crippen molar-refractivity contribution in [2.75, 3.05) is 0 Å². The summed E-state index contributed by atoms with van der Waals surface area (Å²) in [5, 5.41) is 11.8. The quantitative estimate of drug-likeness (QED) is 0.696. The molecule has 9 heteroatoms. The van der Waals surface area contributed by atoms with Gasteiger partial charge in [-0.1, -0.05) is 36.4 Å². The van der Waals surface area contributed by atoms with Crippen molar-refractivity contribution in [3.8, 4) is 16.9 Å². The molecule has 0 aliphatic rings. The standard InChI is InChI=1S/C21H22F3NO5/c1-20(2,3)30-19(28)25-17(18(26)27)12-14-6-4-5-7-16(14)13-8-10-15(11-9-13)29-21(22,23)24/h4-11,17H,12H2,1-3H3,(H,25,28)(H,26,27). The van der Waals surface area contributed by atoms with E-state index in [2.05, 4.69) is 10.1 Å². The molecular formula is C21H22F3NO5. The lowest BCUT2D eigenvalue weighted by Crippen LogP contribution is -2.44. The molecule has 0 radical (unpaired) electrons. The number of alkyl halides is 3. The Kier molecular flexibility index (Phi) is 6.96. The van der Waals surface area contributed by atoms with Crippen LogP contribution in [0.2, 0.25) is 0 Å². The minimum atomic E-state index is -4.79. The smallest absolute Gasteiger partial charge is 0.480 e. The van der Waals surface area contributed by atoms with Crippen molar-refractivity contribution in [1.29, 1.82) is 0 Å². The molecule has 0 aliphatic carbocycles. The number of hydrogen-bond acceptors (Lipinski definition) is 4. The van der Waals surface area contributed by atoms with Crippen LogP contribution in [0, 0.1) is 0 Å². The first-order valence-corrected chi connectivity index (χ1v) is 9.00. The summed E-state index contributed by atoms with van der Waals surface area (Å²) in [4.78, 5) is 23.6. The van der Waals surface area contributed by atoms with E-state index in [1.54, 1.807) is 45.0 Å². The number of hydrogen-bond donors (Lipinski definition) is 2. The van der Waals surface area contributed by atoms with Crippen LogP contribution in [0.25, 0.3) is 11.1 Å². The molecule has 0 fully saturated rings. The van der Waals surface area contributed by atoms with Crippen molar-refractivity contribution in [2.45, 2.75) is 45.2 Å². The Hall–Kier alpha value is -3.23. The normalized spacial score (nSPS) is 12.7. The molecule has 6 nitrogen and oxygen atoms in total. The second kappa shape index (κ2) is 9.06. The Balaban J connectivity index is 2.22. The summed E-state index contributed by atoms with van der Waals surface area (Å²) in [6.07, 6.45) is -5.70. The van der Waals surface area contributed by atoms with Crippen LogP contribution >= 0.6 is 0 Å². The minimum absolute atomic E-state index is 0.0500. The average Bonchev–Trinajstić information content (AvgIpc) is 2.59. The summed E-state index contributed by atoms with van der Waals surface area (Å²) in [6, 6.07) is 10.8. The summed E-state index contributed by atoms with van der Waals surface area (Å²) >= 11 is 0. The molecule has 2 aromatic rings. The Morgan fingerprint density at radius 1 is 1.03 bits per heavy atom. The highest BCUT2D eigenvalue weighted by atomic mass is 19.4. The number of aliphatic carboxylic acids is 1. The molecule has 162 valence electrons. The number of carbonyl (C=O) groups is 2. The predicted molar refractivity (Wildman–Crippen MR) is 103 cm³/mol. The van der Waals surface area contributed by atoms with E-state index >= 15 is 0 Å². The third kappa shape index (κ3) is 7.31. The molecule has 30 heavy (non-hydrogen) atoms. The molecule has 0 bridgehead atoms. The van der Waals surface area contributed by atoms with E-state index < -0.39 is 30.1 Å². The van der Waals surface area contributed by atoms with Crippen LogP contribution in [0.4, 0.5) is 18.0 Å². The maximum atomic E-state index is 12.3. The molecule has 0 saturated carbocycles. The lowest BCUT2D eigenvalue weighted by Gasteiger charge is -2.22. The first-order chi connectivity index (χ1) is 13.8. The number of rotatable bonds is 6. The minimum Gasteiger partial charge on any atom is -0.480 e. The third-order valence-electron chi connectivity index (χ3n) is 3.83. The Bertz CT molecular complexity index is 889. The molecule has 2 N–H and O–H groups in total. The molecule has 2 rings (SSSR count). The molecule has 0 heterocycles. The highest BCUT2D eigenvalue weighted by Crippen LogP contribution is 2.29. The maximum Gasteiger partial charge on any atom is 0.573 e. The van der Waals surface area contributed by atoms with E-state index in [0.717, 1.165) is 0 Å². The fraction of sp³-hybridized carbons (Fsp3) is 0.333. The fourth-order valence-corrected chi connectivity index (χ4v) is 2.69. The van der Waals surface area contributed by atoms with Gasteiger partial charge in [-0.25, -0.2) is 9.59 Å². The van der Waals surface area contributed by atoms with Gasteiger partial charge in [0.15, 0.2) is 0 Å². The van der Waals surface area contributed by atoms with Crippen molar-refractivity contribution in [1.82, 2.24) is 5.32 Å². The van der Waals surface area contributed by atoms with Crippen LogP contribution in [0.3, 0.4) is 0 Å². The summed E-state index contributed by atoms with van der Waals surface area (Å²) in [5.41, 5.74) is 0.992. The maximum absolute atomic E-state index is 12.3. The largest absolute Gasteiger partial charge is 0.573 e. The highest BCUT2D eigenvalue weighted by Gasteiger charge is 2.31. The van der Waals surface area contributed by atoms with Crippen LogP contribution in [0.1, 0.15) is 26.3 Å². The highest BCUT2D eigenvalue weighted by molar-refractivity contribution is 5.81. The van der Waals surface area contributed by atoms with Crippen LogP contribution in [0.15, 0.2) is 48.5 Å². The Morgan fingerprint density at radius 2 is 1.63 bits per heavy atom. The van der Waals surface area contributed by atoms with Crippen LogP contribution < -0.4 is 10.1 Å². The number of benzene rings is 2. The summed E-state index contributed by atoms with van der Waals surface area (Å²) in [7, 11) is 0. The second-order valence-electron chi connectivity index (χ2n) is 7.47. The van der Waals surface area contributed by atoms with Gasteiger partial charge < -0.3 is 19.9 Å². The first-order valence-electron chi connectivity index (χ1n) is 9.00. The van der Waals surface area contributed by atoms with E-state index in [4.69, 9.17) is 4.74 Å². The average molecular weight is 425 g/mol. The van der Waals surface area contributed by atoms with Gasteiger partial charge in [0.25, 0.3) is 0 Å². The van der Waals surface area contributed by atoms with E-state index in [9.17, 15) is 27.9 Å². The zero-order chi connectivity index (χ0) is 22.5. The van der Waals surface area contributed by atoms with E-state index in [-0.39, 0.29) is 12.2 Å². The molecule has 0 spiro atoms. The van der Waals surface area contributed by atoms with Crippen LogP contribution in [0.5, 0.6) is 5.75 Å². The van der Waals surface area contributed by atoms with Crippen molar-refractivity contribution in [2.24, 2.45) is 0 Å². The van der Waals surface area contributed by atoms with Crippen molar-refractivity contribution >= 4 is 12.1 Å². The van der Waals surface area contributed by atoms with Gasteiger partial charge >= 0.3 is 18.4 Å². The molecule has 1 atom stereocenters. The van der Waals surface area contributed by atoms with Gasteiger partial charge in [0.2, 0.25) is 0 Å². The summed E-state index contributed by atoms with van der Waals surface area (Å²) in [5.74, 6) is -1.61. The van der Waals surface area contributed by atoms with Crippen molar-refractivity contribution in [3.05, 3.63) is 54.1 Å². The number of carboxylic acid groups (broad SMARTS) is 1. The van der Waals surface area contributed by atoms with Gasteiger partial charge in [-0.2, -0.15) is 0 Å². The monoisotopic (exact) mass is 425 g/mol. The van der Waals surface area contributed by atoms with Gasteiger partial charge in [-0.3, -0.25) is 0 Å². The van der Waals surface area contributed by atoms with Crippen molar-refractivity contribution < 1.29 is 37.3 Å². The van der Waals surface area contributed by atoms with Gasteiger partial charge in [-0.15, -0.1) is 13.2 Å². The van der Waals surface area contributed by atoms with Crippen molar-refractivity contribution in [3.63, 3.8) is 0 Å². The molecule has 0 saturated heterocycles. The Morgan fingerprint density at radius 3 is 2.17 bits per heavy atom. The number of carbonyl (C=O) groups excluding carboxylic acids is 1. The fourth-order valence-electron chi connectivity index (χ4n) is 2.69. The van der Waals surface area contributed by atoms with Crippen LogP contribution in [-0.4, -0.2) is 35.2 Å². The van der Waals surface area contributed by atoms with Gasteiger partial charge in [0, 0.05) is 6.42 Å². The zero-order valence-electron chi connectivity index (χ0n) is 16.6. The second-order valence-corrected chi connectivity index (χ2v) is 7.47. The van der Waals surface area contributed by atoms with E-state index in [1.165, 1.54) is 24.3 Å². The van der Waals surface area contributed by atoms with E-state index in [1.807, 2.05) is 0 Å². The third-order valence-corrected chi connectivity index (χ3v) is 3.83. The van der Waals surface area contributed by atoms with Gasteiger partial charge in [0.1, 0.15) is 17.4 Å². The zero-order valence-corrected chi connectivity index (χ0v) is 16.6. The number of ether oxygens (including phenoxy) is 2. The van der Waals surface area contributed by atoms with Crippen LogP contribution in [-0.2, 0) is 16.0 Å².